The zero-order chi connectivity index (χ0) is 14.0. The van der Waals surface area contributed by atoms with Crippen molar-refractivity contribution in [1.82, 2.24) is 9.55 Å². The van der Waals surface area contributed by atoms with E-state index in [1.807, 2.05) is 0 Å². The third kappa shape index (κ3) is 1.90. The Bertz CT molecular complexity index is 703. The Morgan fingerprint density at radius 3 is 2.33 bits per heavy atom. The molecule has 0 bridgehead atoms. The molecule has 2 N–H and O–H groups in total. The van der Waals surface area contributed by atoms with Crippen molar-refractivity contribution in [1.29, 1.82) is 0 Å². The first kappa shape index (κ1) is 11.8. The first-order chi connectivity index (χ1) is 10.3. The minimum atomic E-state index is 0.620. The van der Waals surface area contributed by atoms with E-state index in [0.717, 1.165) is 17.4 Å². The summed E-state index contributed by atoms with van der Waals surface area (Å²) < 4.78 is 2.36. The highest BCUT2D eigenvalue weighted by Crippen LogP contribution is 2.50. The van der Waals surface area contributed by atoms with Gasteiger partial charge < -0.3 is 10.3 Å². The van der Waals surface area contributed by atoms with Crippen molar-refractivity contribution < 1.29 is 0 Å². The number of nitrogen functional groups attached to an aromatic ring is 1. The maximum absolute atomic E-state index is 6.53. The molecule has 3 heteroatoms. The molecule has 21 heavy (non-hydrogen) atoms. The Kier molecular flexibility index (Phi) is 2.33. The summed E-state index contributed by atoms with van der Waals surface area (Å²) in [7, 11) is 0. The van der Waals surface area contributed by atoms with E-state index in [1.54, 1.807) is 0 Å². The van der Waals surface area contributed by atoms with E-state index in [2.05, 4.69) is 28.8 Å². The van der Waals surface area contributed by atoms with Crippen LogP contribution in [0.5, 0.6) is 0 Å². The van der Waals surface area contributed by atoms with Crippen molar-refractivity contribution >= 4 is 5.82 Å². The van der Waals surface area contributed by atoms with Crippen LogP contribution in [0, 0.1) is 0 Å². The van der Waals surface area contributed by atoms with Gasteiger partial charge in [0.1, 0.15) is 17.3 Å². The molecular formula is C18H21N3. The van der Waals surface area contributed by atoms with Crippen LogP contribution in [0.2, 0.25) is 0 Å². The van der Waals surface area contributed by atoms with E-state index in [-0.39, 0.29) is 0 Å². The molecular weight excluding hydrogens is 258 g/mol. The molecule has 3 fully saturated rings. The van der Waals surface area contributed by atoms with Crippen LogP contribution >= 0.6 is 0 Å². The molecule has 1 aromatic carbocycles. The Balaban J connectivity index is 1.67. The smallest absolute Gasteiger partial charge is 0.132 e. The molecule has 3 aliphatic rings. The van der Waals surface area contributed by atoms with Crippen LogP contribution in [0.3, 0.4) is 0 Å². The van der Waals surface area contributed by atoms with E-state index in [1.165, 1.54) is 55.5 Å². The van der Waals surface area contributed by atoms with Gasteiger partial charge in [0.15, 0.2) is 0 Å². The van der Waals surface area contributed by atoms with Crippen LogP contribution in [-0.2, 0) is 0 Å². The molecule has 1 aromatic heterocycles. The lowest BCUT2D eigenvalue weighted by molar-refractivity contribution is 0.691. The highest BCUT2D eigenvalue weighted by molar-refractivity contribution is 5.75. The predicted octanol–water partition coefficient (Wildman–Crippen LogP) is 4.22. The number of anilines is 1. The van der Waals surface area contributed by atoms with Crippen LogP contribution in [0.1, 0.15) is 67.8 Å². The fraction of sp³-hybridized carbons (Fsp3) is 0.500. The first-order valence-electron chi connectivity index (χ1n) is 8.30. The second-order valence-corrected chi connectivity index (χ2v) is 6.94. The van der Waals surface area contributed by atoms with Gasteiger partial charge in [-0.3, -0.25) is 0 Å². The molecule has 0 spiro atoms. The molecule has 0 saturated heterocycles. The van der Waals surface area contributed by atoms with Gasteiger partial charge in [-0.1, -0.05) is 24.3 Å². The minimum absolute atomic E-state index is 0.620. The van der Waals surface area contributed by atoms with Crippen molar-refractivity contribution in [2.75, 3.05) is 5.73 Å². The number of rotatable bonds is 4. The number of hydrogen-bond acceptors (Lipinski definition) is 2. The molecule has 1 heterocycles. The molecule has 3 nitrogen and oxygen atoms in total. The lowest BCUT2D eigenvalue weighted by Crippen LogP contribution is -2.04. The number of imidazole rings is 1. The van der Waals surface area contributed by atoms with Gasteiger partial charge in [0.05, 0.1) is 0 Å². The van der Waals surface area contributed by atoms with Crippen molar-refractivity contribution in [2.24, 2.45) is 0 Å². The van der Waals surface area contributed by atoms with Gasteiger partial charge in [-0.15, -0.1) is 0 Å². The zero-order valence-electron chi connectivity index (χ0n) is 12.3. The summed E-state index contributed by atoms with van der Waals surface area (Å²) in [5, 5.41) is 0. The van der Waals surface area contributed by atoms with Gasteiger partial charge in [0.25, 0.3) is 0 Å². The quantitative estimate of drug-likeness (QED) is 0.910. The Morgan fingerprint density at radius 1 is 0.952 bits per heavy atom. The van der Waals surface area contributed by atoms with Crippen molar-refractivity contribution in [3.8, 4) is 11.3 Å². The monoisotopic (exact) mass is 279 g/mol. The summed E-state index contributed by atoms with van der Waals surface area (Å²) in [5.41, 5.74) is 10.3. The molecule has 5 rings (SSSR count). The third-order valence-electron chi connectivity index (χ3n) is 5.06. The van der Waals surface area contributed by atoms with Crippen molar-refractivity contribution in [3.63, 3.8) is 0 Å². The Labute approximate surface area is 125 Å². The van der Waals surface area contributed by atoms with E-state index in [9.17, 15) is 0 Å². The van der Waals surface area contributed by atoms with Gasteiger partial charge >= 0.3 is 0 Å². The molecule has 3 aliphatic carbocycles. The Hall–Kier alpha value is -1.77. The summed E-state index contributed by atoms with van der Waals surface area (Å²) in [6.07, 6.45) is 7.74. The lowest BCUT2D eigenvalue weighted by atomic mass is 10.0. The number of nitrogens with two attached hydrogens (primary N) is 1. The SMILES string of the molecule is Nc1c(-c2ccccc2C2CC2)nc(C2CC2)n1C1CC1. The van der Waals surface area contributed by atoms with Gasteiger partial charge in [-0.25, -0.2) is 4.98 Å². The fourth-order valence-corrected chi connectivity index (χ4v) is 3.47. The number of nitrogens with zero attached hydrogens (tertiary/aromatic N) is 2. The summed E-state index contributed by atoms with van der Waals surface area (Å²) >= 11 is 0. The van der Waals surface area contributed by atoms with Crippen LogP contribution in [-0.4, -0.2) is 9.55 Å². The molecule has 0 radical (unpaired) electrons. The first-order valence-corrected chi connectivity index (χ1v) is 8.30. The highest BCUT2D eigenvalue weighted by atomic mass is 15.2. The van der Waals surface area contributed by atoms with Gasteiger partial charge in [0, 0.05) is 17.5 Å². The van der Waals surface area contributed by atoms with Crippen LogP contribution < -0.4 is 5.73 Å². The van der Waals surface area contributed by atoms with Crippen LogP contribution in [0.15, 0.2) is 24.3 Å². The Morgan fingerprint density at radius 2 is 1.67 bits per heavy atom. The average Bonchev–Trinajstić information content (AvgIpc) is 3.39. The lowest BCUT2D eigenvalue weighted by Gasteiger charge is -2.09. The fourth-order valence-electron chi connectivity index (χ4n) is 3.47. The summed E-state index contributed by atoms with van der Waals surface area (Å²) in [6.45, 7) is 0. The third-order valence-corrected chi connectivity index (χ3v) is 5.06. The molecule has 2 aromatic rings. The predicted molar refractivity (Wildman–Crippen MR) is 84.3 cm³/mol. The second kappa shape index (κ2) is 4.12. The summed E-state index contributed by atoms with van der Waals surface area (Å²) in [6, 6.07) is 9.36. The standard InChI is InChI=1S/C18H21N3/c19-17-16(15-4-2-1-3-14(15)11-5-6-11)20-18(12-7-8-12)21(17)13-9-10-13/h1-4,11-13H,5-10,19H2. The van der Waals surface area contributed by atoms with E-state index < -0.39 is 0 Å². The van der Waals surface area contributed by atoms with Crippen LogP contribution in [0.4, 0.5) is 5.82 Å². The van der Waals surface area contributed by atoms with E-state index >= 15 is 0 Å². The zero-order valence-corrected chi connectivity index (χ0v) is 12.3. The van der Waals surface area contributed by atoms with Crippen LogP contribution in [0.25, 0.3) is 11.3 Å². The van der Waals surface area contributed by atoms with E-state index in [4.69, 9.17) is 10.7 Å². The molecule has 108 valence electrons. The number of aromatic nitrogens is 2. The average molecular weight is 279 g/mol. The van der Waals surface area contributed by atoms with E-state index in [0.29, 0.717) is 12.0 Å². The molecule has 0 atom stereocenters. The number of benzene rings is 1. The van der Waals surface area contributed by atoms with Gasteiger partial charge in [-0.2, -0.15) is 0 Å². The topological polar surface area (TPSA) is 43.8 Å². The van der Waals surface area contributed by atoms with Gasteiger partial charge in [0.2, 0.25) is 0 Å². The summed E-state index contributed by atoms with van der Waals surface area (Å²) in [5.74, 6) is 3.56. The minimum Gasteiger partial charge on any atom is -0.383 e. The second-order valence-electron chi connectivity index (χ2n) is 6.94. The maximum Gasteiger partial charge on any atom is 0.132 e. The van der Waals surface area contributed by atoms with Crippen molar-refractivity contribution in [3.05, 3.63) is 35.7 Å². The molecule has 0 aliphatic heterocycles. The number of hydrogen-bond donors (Lipinski definition) is 1. The summed E-state index contributed by atoms with van der Waals surface area (Å²) in [4.78, 5) is 5.01. The highest BCUT2D eigenvalue weighted by Gasteiger charge is 2.37. The molecule has 0 amide bonds. The maximum atomic E-state index is 6.53. The normalized spacial score (nSPS) is 21.7. The van der Waals surface area contributed by atoms with Gasteiger partial charge in [-0.05, 0) is 50.0 Å². The van der Waals surface area contributed by atoms with Crippen molar-refractivity contribution in [2.45, 2.75) is 56.4 Å². The molecule has 3 saturated carbocycles. The largest absolute Gasteiger partial charge is 0.383 e. The molecule has 0 unspecified atom stereocenters.